The number of nitrogens with one attached hydrogen (secondary N) is 21. The Balaban J connectivity index is 0.512. The van der Waals surface area contributed by atoms with Crippen molar-refractivity contribution in [3.05, 3.63) is 198 Å². The largest absolute Gasteiger partial charge is 0.356 e. The number of amides is 17. The van der Waals surface area contributed by atoms with Crippen molar-refractivity contribution in [2.75, 3.05) is 117 Å². The molecule has 0 saturated carbocycles. The van der Waals surface area contributed by atoms with Crippen molar-refractivity contribution >= 4 is 169 Å². The fourth-order valence-corrected chi connectivity index (χ4v) is 13.7. The van der Waals surface area contributed by atoms with Gasteiger partial charge < -0.3 is 152 Å². The lowest BCUT2D eigenvalue weighted by molar-refractivity contribution is -0.121. The van der Waals surface area contributed by atoms with E-state index in [1.54, 1.807) is 49.3 Å². The zero-order valence-electron chi connectivity index (χ0n) is 74.9. The third-order valence-corrected chi connectivity index (χ3v) is 20.2. The Labute approximate surface area is 766 Å². The fraction of sp³-hybridized carbons (Fsp3) is 0.271. The van der Waals surface area contributed by atoms with Crippen LogP contribution in [0.5, 0.6) is 0 Å². The second-order valence-electron chi connectivity index (χ2n) is 31.4. The Morgan fingerprint density at radius 2 is 0.593 bits per heavy atom. The van der Waals surface area contributed by atoms with Crippen molar-refractivity contribution in [2.45, 2.75) is 45.4 Å². The second kappa shape index (κ2) is 43.0. The number of nitrogens with zero attached hydrogens (tertiary/aromatic N) is 12. The second-order valence-corrected chi connectivity index (χ2v) is 31.4. The van der Waals surface area contributed by atoms with E-state index in [1.165, 1.54) is 179 Å². The van der Waals surface area contributed by atoms with E-state index in [9.17, 15) is 81.5 Å². The van der Waals surface area contributed by atoms with Gasteiger partial charge in [0.15, 0.2) is 23.3 Å². The van der Waals surface area contributed by atoms with Crippen LogP contribution < -0.4 is 90.4 Å². The number of H-pyrrole nitrogens is 4. The summed E-state index contributed by atoms with van der Waals surface area (Å²) in [5, 5.41) is 45.5. The van der Waals surface area contributed by atoms with E-state index in [-0.39, 0.29) is 190 Å². The number of carbonyl (C=O) groups is 17. The molecule has 0 fully saturated rings. The van der Waals surface area contributed by atoms with Crippen LogP contribution in [-0.2, 0) is 80.4 Å². The first-order chi connectivity index (χ1) is 64.3. The fourth-order valence-electron chi connectivity index (χ4n) is 13.7. The highest BCUT2D eigenvalue weighted by molar-refractivity contribution is 6.12. The Bertz CT molecular complexity index is 6590. The van der Waals surface area contributed by atoms with E-state index in [1.807, 2.05) is 19.0 Å². The number of aromatic amines is 4. The normalized spacial score (nSPS) is 11.0. The van der Waals surface area contributed by atoms with Crippen LogP contribution in [0.4, 0.5) is 68.6 Å². The molecule has 0 aliphatic carbocycles. The van der Waals surface area contributed by atoms with E-state index in [2.05, 4.69) is 125 Å². The molecule has 0 bridgehead atoms. The Hall–Kier alpha value is -17.9. The first kappa shape index (κ1) is 96.2. The molecule has 12 heterocycles. The Morgan fingerprint density at radius 1 is 0.274 bits per heavy atom. The van der Waals surface area contributed by atoms with Crippen molar-refractivity contribution in [1.29, 1.82) is 0 Å². The van der Waals surface area contributed by atoms with Crippen LogP contribution in [0.15, 0.2) is 129 Å². The van der Waals surface area contributed by atoms with E-state index in [0.717, 1.165) is 13.0 Å². The van der Waals surface area contributed by atoms with E-state index in [0.29, 0.717) is 23.6 Å². The zero-order valence-corrected chi connectivity index (χ0v) is 74.9. The number of anilines is 12. The molecule has 50 heteroatoms. The molecular weight excluding hydrogens is 1760 g/mol. The number of carbonyl (C=O) groups excluding carboxylic acids is 17. The molecule has 50 nitrogen and oxygen atoms in total. The van der Waals surface area contributed by atoms with Gasteiger partial charge in [-0.3, -0.25) is 81.5 Å². The van der Waals surface area contributed by atoms with Gasteiger partial charge in [0.2, 0.25) is 41.2 Å². The molecule has 0 spiro atoms. The lowest BCUT2D eigenvalue weighted by atomic mass is 10.3. The molecule has 21 N–H and O–H groups in total. The predicted molar refractivity (Wildman–Crippen MR) is 492 cm³/mol. The van der Waals surface area contributed by atoms with Crippen LogP contribution in [0.2, 0.25) is 0 Å². The molecular formula is C85H99N33O17. The number of aromatic nitrogens is 15. The first-order valence-corrected chi connectivity index (χ1v) is 41.7. The highest BCUT2D eigenvalue weighted by atomic mass is 16.2. The minimum Gasteiger partial charge on any atom is -0.356 e. The number of hydrogen-bond donors (Lipinski definition) is 21. The van der Waals surface area contributed by atoms with Gasteiger partial charge in [-0.1, -0.05) is 0 Å². The minimum absolute atomic E-state index is 0.0257. The SMILES string of the molecule is CC(=O)Nc1c[nH]c(C(=O)Nc2c[nH]c(C(=O)Nc3cn(C)c(C(=O)NCCC(=O)Nc4cc(C(=O)Nc5cc(C(=O)Nc6cn(C)c(C(=O)NCCCC(=O)Nc7cc(C(=O)Nc8cc(C(=O)Nc9cc(C(=O)NCCC(=O)Nc%10cc(C(=O)Nc%11c[nH]c(C(=O)Nc%12c[nH]c(C(=O)NCCC(=O)NCCCN(C)C)c%12)c%11)n(C)c%10)n(C)c9)n(C)c8)n(C)c7)n6)n(C)c5)n(C)c4)n3)c2)n1. The molecule has 706 valence electrons. The van der Waals surface area contributed by atoms with Crippen LogP contribution in [0.3, 0.4) is 0 Å². The van der Waals surface area contributed by atoms with Gasteiger partial charge in [-0.2, -0.15) is 0 Å². The standard InChI is InChI=1S/C85H99N33O17/c1-45(119)95-64-36-94-71(105-64)83(133)101-48-26-57(93-35-48)76(126)108-65-43-117(10)73(106-65)85(135)90-22-17-70(123)98-51-29-61(114(7)39-51)80(130)104-54-32-63(116(9)42-54)82(132)109-66-44-118(11)72(107-66)84(134)87-18-12-14-68(121)96-49-27-60(113(6)37-49)79(129)103-53-31-62(115(8)41-53)81(131)102-52-30-58(111(4)40-52)77(127)89-21-16-69(122)97-50-28-59(112(5)38-50)78(128)100-47-25-56(92-34-47)75(125)99-46-24-55(91-33-46)74(124)88-20-15-67(120)86-19-13-23-110(2)3/h24-44,91-93H,12-23H2,1-11H3,(H,86,120)(H,87,134)(H,88,124)(H,89,127)(H,90,135)(H,94,105)(H,95,119)(H,96,121)(H,97,122)(H,98,123)(H,99,125)(H,100,128)(H,101,133)(H,102,131)(H,103,129)(H,104,130)(H,108,126)(H,109,132). The molecule has 0 unspecified atom stereocenters. The summed E-state index contributed by atoms with van der Waals surface area (Å²) in [6.45, 7) is 2.61. The van der Waals surface area contributed by atoms with Crippen LogP contribution in [0, 0.1) is 0 Å². The molecule has 0 atom stereocenters. The molecule has 0 saturated heterocycles. The number of hydrogen-bond acceptors (Lipinski definition) is 21. The van der Waals surface area contributed by atoms with Gasteiger partial charge in [-0.25, -0.2) is 15.0 Å². The molecule has 12 aromatic heterocycles. The van der Waals surface area contributed by atoms with Gasteiger partial charge >= 0.3 is 0 Å². The third-order valence-electron chi connectivity index (χ3n) is 20.2. The maximum atomic E-state index is 13.6. The molecule has 0 aromatic carbocycles. The van der Waals surface area contributed by atoms with Crippen LogP contribution in [0.25, 0.3) is 0 Å². The first-order valence-electron chi connectivity index (χ1n) is 41.7. The van der Waals surface area contributed by atoms with Crippen LogP contribution >= 0.6 is 0 Å². The van der Waals surface area contributed by atoms with Gasteiger partial charge in [0.1, 0.15) is 51.2 Å². The lowest BCUT2D eigenvalue weighted by Crippen LogP contribution is -2.32. The predicted octanol–water partition coefficient (Wildman–Crippen LogP) is 3.72. The number of rotatable bonds is 41. The van der Waals surface area contributed by atoms with Crippen LogP contribution in [-0.4, -0.2) is 230 Å². The maximum Gasteiger partial charge on any atom is 0.291 e. The summed E-state index contributed by atoms with van der Waals surface area (Å²) >= 11 is 0. The van der Waals surface area contributed by atoms with E-state index in [4.69, 9.17) is 0 Å². The van der Waals surface area contributed by atoms with Gasteiger partial charge in [0.05, 0.1) is 51.2 Å². The minimum atomic E-state index is -0.652. The molecule has 0 radical (unpaired) electrons. The number of imidazole rings is 3. The van der Waals surface area contributed by atoms with Gasteiger partial charge in [0, 0.05) is 196 Å². The highest BCUT2D eigenvalue weighted by Gasteiger charge is 2.27. The number of aryl methyl sites for hydroxylation is 8. The third kappa shape index (κ3) is 25.8. The van der Waals surface area contributed by atoms with Crippen molar-refractivity contribution in [3.63, 3.8) is 0 Å². The summed E-state index contributed by atoms with van der Waals surface area (Å²) in [7, 11) is 16.5. The average molecular weight is 1850 g/mol. The monoisotopic (exact) mass is 1850 g/mol. The smallest absolute Gasteiger partial charge is 0.291 e. The summed E-state index contributed by atoms with van der Waals surface area (Å²) in [5.41, 5.74) is 3.56. The molecule has 17 amide bonds. The summed E-state index contributed by atoms with van der Waals surface area (Å²) in [6, 6.07) is 12.9. The van der Waals surface area contributed by atoms with Crippen molar-refractivity contribution in [1.82, 2.24) is 103 Å². The summed E-state index contributed by atoms with van der Waals surface area (Å²) < 4.78 is 11.7. The average Bonchev–Trinajstić information content (AvgIpc) is 1.75. The van der Waals surface area contributed by atoms with Crippen LogP contribution in [0.1, 0.15) is 172 Å². The van der Waals surface area contributed by atoms with Crippen molar-refractivity contribution in [2.24, 2.45) is 56.4 Å². The molecule has 12 rings (SSSR count). The Morgan fingerprint density at radius 3 is 1.01 bits per heavy atom. The molecule has 135 heavy (non-hydrogen) atoms. The van der Waals surface area contributed by atoms with Gasteiger partial charge in [0.25, 0.3) is 70.9 Å². The van der Waals surface area contributed by atoms with Gasteiger partial charge in [-0.05, 0) is 88.1 Å². The highest BCUT2D eigenvalue weighted by Crippen LogP contribution is 2.26. The summed E-state index contributed by atoms with van der Waals surface area (Å²) in [4.78, 5) is 247. The molecule has 0 aliphatic heterocycles. The summed E-state index contributed by atoms with van der Waals surface area (Å²) in [6.07, 6.45) is 18.2. The maximum absolute atomic E-state index is 13.6. The quantitative estimate of drug-likeness (QED) is 0.0243. The lowest BCUT2D eigenvalue weighted by Gasteiger charge is -2.10. The van der Waals surface area contributed by atoms with E-state index < -0.39 is 88.6 Å². The van der Waals surface area contributed by atoms with E-state index >= 15 is 0 Å². The molecule has 0 aliphatic rings. The topological polar surface area (TPSA) is 639 Å². The summed E-state index contributed by atoms with van der Waals surface area (Å²) in [5.74, 6) is -9.03. The van der Waals surface area contributed by atoms with Gasteiger partial charge in [-0.15, -0.1) is 0 Å². The Kier molecular flexibility index (Phi) is 30.6. The zero-order chi connectivity index (χ0) is 97.2. The van der Waals surface area contributed by atoms with Crippen molar-refractivity contribution < 1.29 is 81.5 Å². The molecule has 12 aromatic rings. The van der Waals surface area contributed by atoms with Crippen molar-refractivity contribution in [3.8, 4) is 0 Å².